The molecule has 0 bridgehead atoms. The minimum atomic E-state index is -0.153. The molecule has 0 saturated carbocycles. The lowest BCUT2D eigenvalue weighted by Gasteiger charge is -2.25. The quantitative estimate of drug-likeness (QED) is 0.810. The van der Waals surface area contributed by atoms with Crippen molar-refractivity contribution in [2.75, 3.05) is 37.9 Å². The first-order valence-corrected chi connectivity index (χ1v) is 9.10. The second-order valence-corrected chi connectivity index (χ2v) is 6.97. The van der Waals surface area contributed by atoms with Crippen LogP contribution in [0.5, 0.6) is 5.75 Å². The van der Waals surface area contributed by atoms with Crippen molar-refractivity contribution in [3.63, 3.8) is 0 Å². The molecule has 1 amide bonds. The average Bonchev–Trinajstić information content (AvgIpc) is 3.18. The van der Waals surface area contributed by atoms with Crippen molar-refractivity contribution >= 4 is 28.9 Å². The van der Waals surface area contributed by atoms with Gasteiger partial charge in [0.05, 0.1) is 23.4 Å². The van der Waals surface area contributed by atoms with Gasteiger partial charge in [0.15, 0.2) is 0 Å². The number of anilines is 2. The number of halogens is 1. The van der Waals surface area contributed by atoms with Crippen molar-refractivity contribution in [3.8, 4) is 5.75 Å². The van der Waals surface area contributed by atoms with E-state index in [4.69, 9.17) is 22.1 Å². The molecule has 0 aliphatic carbocycles. The lowest BCUT2D eigenvalue weighted by molar-refractivity contribution is 0.0782. The fourth-order valence-electron chi connectivity index (χ4n) is 3.35. The summed E-state index contributed by atoms with van der Waals surface area (Å²) in [5.74, 6) is 0.275. The summed E-state index contributed by atoms with van der Waals surface area (Å²) in [4.78, 5) is 17.0. The highest BCUT2D eigenvalue weighted by molar-refractivity contribution is 6.33. The molecule has 6 heteroatoms. The third-order valence-corrected chi connectivity index (χ3v) is 5.07. The molecule has 2 aromatic carbocycles. The number of methoxy groups -OCH3 is 1. The zero-order valence-electron chi connectivity index (χ0n) is 15.2. The Morgan fingerprint density at radius 1 is 1.27 bits per heavy atom. The number of hydrogen-bond donors (Lipinski definition) is 1. The number of nitrogens with two attached hydrogens (primary N) is 1. The zero-order chi connectivity index (χ0) is 18.7. The summed E-state index contributed by atoms with van der Waals surface area (Å²) in [6.07, 6.45) is 2.43. The Hall–Kier alpha value is -2.40. The number of rotatable bonds is 5. The Labute approximate surface area is 159 Å². The maximum Gasteiger partial charge on any atom is 0.257 e. The molecule has 138 valence electrons. The highest BCUT2D eigenvalue weighted by Gasteiger charge is 2.21. The van der Waals surface area contributed by atoms with Crippen molar-refractivity contribution in [3.05, 3.63) is 52.5 Å². The second-order valence-electron chi connectivity index (χ2n) is 6.56. The number of hydrogen-bond acceptors (Lipinski definition) is 4. The van der Waals surface area contributed by atoms with Crippen molar-refractivity contribution < 1.29 is 9.53 Å². The Morgan fingerprint density at radius 3 is 2.65 bits per heavy atom. The topological polar surface area (TPSA) is 58.8 Å². The van der Waals surface area contributed by atoms with E-state index < -0.39 is 0 Å². The van der Waals surface area contributed by atoms with Gasteiger partial charge in [-0.05, 0) is 30.5 Å². The van der Waals surface area contributed by atoms with Crippen molar-refractivity contribution in [1.29, 1.82) is 0 Å². The molecule has 1 saturated heterocycles. The zero-order valence-corrected chi connectivity index (χ0v) is 15.9. The molecule has 1 aliphatic heterocycles. The molecule has 0 aromatic heterocycles. The second kappa shape index (κ2) is 7.87. The molecule has 26 heavy (non-hydrogen) atoms. The van der Waals surface area contributed by atoms with Crippen molar-refractivity contribution in [1.82, 2.24) is 4.90 Å². The maximum atomic E-state index is 13.0. The van der Waals surface area contributed by atoms with Crippen LogP contribution in [0.15, 0.2) is 36.4 Å². The molecule has 2 aromatic rings. The predicted octanol–water partition coefficient (Wildman–Crippen LogP) is 3.80. The van der Waals surface area contributed by atoms with Gasteiger partial charge in [0.1, 0.15) is 5.75 Å². The first-order valence-electron chi connectivity index (χ1n) is 8.72. The van der Waals surface area contributed by atoms with Gasteiger partial charge < -0.3 is 20.3 Å². The molecule has 0 unspecified atom stereocenters. The number of carbonyl (C=O) groups is 1. The van der Waals surface area contributed by atoms with E-state index >= 15 is 0 Å². The third kappa shape index (κ3) is 3.73. The molecule has 0 spiro atoms. The van der Waals surface area contributed by atoms with E-state index in [1.54, 1.807) is 24.1 Å². The Balaban J connectivity index is 1.84. The van der Waals surface area contributed by atoms with E-state index in [2.05, 4.69) is 17.0 Å². The third-order valence-electron chi connectivity index (χ3n) is 4.74. The Kier molecular flexibility index (Phi) is 5.57. The summed E-state index contributed by atoms with van der Waals surface area (Å²) in [6.45, 7) is 2.64. The molecule has 3 rings (SSSR count). The molecule has 0 atom stereocenters. The first kappa shape index (κ1) is 18.4. The van der Waals surface area contributed by atoms with Gasteiger partial charge in [0.25, 0.3) is 5.91 Å². The monoisotopic (exact) mass is 373 g/mol. The van der Waals surface area contributed by atoms with E-state index in [-0.39, 0.29) is 5.91 Å². The van der Waals surface area contributed by atoms with E-state index in [9.17, 15) is 4.79 Å². The van der Waals surface area contributed by atoms with E-state index in [1.807, 2.05) is 12.1 Å². The molecule has 0 radical (unpaired) electrons. The van der Waals surface area contributed by atoms with E-state index in [0.717, 1.165) is 18.7 Å². The minimum absolute atomic E-state index is 0.153. The number of ether oxygens (including phenoxy) is 1. The van der Waals surface area contributed by atoms with Crippen LogP contribution >= 0.6 is 11.6 Å². The SMILES string of the molecule is COc1cc(N)c(Cl)cc1C(=O)N(C)Cc1ccccc1N1CCCC1. The molecule has 1 fully saturated rings. The highest BCUT2D eigenvalue weighted by atomic mass is 35.5. The molecular weight excluding hydrogens is 350 g/mol. The average molecular weight is 374 g/mol. The maximum absolute atomic E-state index is 13.0. The van der Waals surface area contributed by atoms with Crippen LogP contribution in [0.25, 0.3) is 0 Å². The molecule has 1 heterocycles. The predicted molar refractivity (Wildman–Crippen MR) is 106 cm³/mol. The normalized spacial score (nSPS) is 13.7. The molecular formula is C20H24ClN3O2. The summed E-state index contributed by atoms with van der Waals surface area (Å²) in [5, 5.41) is 0.347. The van der Waals surface area contributed by atoms with Gasteiger partial charge in [0.2, 0.25) is 0 Å². The van der Waals surface area contributed by atoms with Crippen LogP contribution in [0.4, 0.5) is 11.4 Å². The summed E-state index contributed by atoms with van der Waals surface area (Å²) in [6, 6.07) is 11.4. The fraction of sp³-hybridized carbons (Fsp3) is 0.350. The first-order chi connectivity index (χ1) is 12.5. The molecule has 2 N–H and O–H groups in total. The van der Waals surface area contributed by atoms with Gasteiger partial charge in [-0.2, -0.15) is 0 Å². The van der Waals surface area contributed by atoms with Gasteiger partial charge in [-0.15, -0.1) is 0 Å². The van der Waals surface area contributed by atoms with Crippen LogP contribution in [0.1, 0.15) is 28.8 Å². The number of carbonyl (C=O) groups excluding carboxylic acids is 1. The summed E-state index contributed by atoms with van der Waals surface area (Å²) in [7, 11) is 3.30. The van der Waals surface area contributed by atoms with Crippen LogP contribution in [0, 0.1) is 0 Å². The Bertz CT molecular complexity index is 804. The number of nitrogens with zero attached hydrogens (tertiary/aromatic N) is 2. The van der Waals surface area contributed by atoms with Gasteiger partial charge in [-0.3, -0.25) is 4.79 Å². The lowest BCUT2D eigenvalue weighted by Crippen LogP contribution is -2.28. The van der Waals surface area contributed by atoms with Crippen molar-refractivity contribution in [2.45, 2.75) is 19.4 Å². The number of nitrogen functional groups attached to an aromatic ring is 1. The Morgan fingerprint density at radius 2 is 1.96 bits per heavy atom. The smallest absolute Gasteiger partial charge is 0.257 e. The summed E-state index contributed by atoms with van der Waals surface area (Å²) < 4.78 is 5.31. The number of benzene rings is 2. The van der Waals surface area contributed by atoms with Gasteiger partial charge in [-0.1, -0.05) is 29.8 Å². The largest absolute Gasteiger partial charge is 0.496 e. The number of amides is 1. The minimum Gasteiger partial charge on any atom is -0.496 e. The van der Waals surface area contributed by atoms with E-state index in [0.29, 0.717) is 28.6 Å². The van der Waals surface area contributed by atoms with Crippen LogP contribution in [-0.4, -0.2) is 38.1 Å². The van der Waals surface area contributed by atoms with Crippen LogP contribution < -0.4 is 15.4 Å². The fourth-order valence-corrected chi connectivity index (χ4v) is 3.51. The van der Waals surface area contributed by atoms with Gasteiger partial charge in [-0.25, -0.2) is 0 Å². The molecule has 5 nitrogen and oxygen atoms in total. The highest BCUT2D eigenvalue weighted by Crippen LogP contribution is 2.31. The molecule has 1 aliphatic rings. The standard InChI is InChI=1S/C20H24ClN3O2/c1-23(20(25)15-11-16(21)17(22)12-19(15)26-2)13-14-7-3-4-8-18(14)24-9-5-6-10-24/h3-4,7-8,11-12H,5-6,9-10,13,22H2,1-2H3. The summed E-state index contributed by atoms with van der Waals surface area (Å²) in [5.41, 5.74) is 8.94. The van der Waals surface area contributed by atoms with Crippen LogP contribution in [-0.2, 0) is 6.54 Å². The van der Waals surface area contributed by atoms with Gasteiger partial charge >= 0.3 is 0 Å². The summed E-state index contributed by atoms with van der Waals surface area (Å²) >= 11 is 6.11. The lowest BCUT2D eigenvalue weighted by atomic mass is 10.1. The van der Waals surface area contributed by atoms with Gasteiger partial charge in [0, 0.05) is 38.4 Å². The number of para-hydroxylation sites is 1. The van der Waals surface area contributed by atoms with E-state index in [1.165, 1.54) is 25.6 Å². The van der Waals surface area contributed by atoms with Crippen LogP contribution in [0.2, 0.25) is 5.02 Å². The van der Waals surface area contributed by atoms with Crippen molar-refractivity contribution in [2.24, 2.45) is 0 Å². The van der Waals surface area contributed by atoms with Crippen LogP contribution in [0.3, 0.4) is 0 Å².